The fourth-order valence-corrected chi connectivity index (χ4v) is 3.45. The van der Waals surface area contributed by atoms with Gasteiger partial charge in [0.1, 0.15) is 0 Å². The van der Waals surface area contributed by atoms with Crippen molar-refractivity contribution < 1.29 is 9.59 Å². The van der Waals surface area contributed by atoms with Crippen LogP contribution < -0.4 is 0 Å². The number of carbonyl (C=O) groups excluding carboxylic acids is 2. The van der Waals surface area contributed by atoms with Crippen LogP contribution in [-0.2, 0) is 9.59 Å². The summed E-state index contributed by atoms with van der Waals surface area (Å²) in [7, 11) is 0. The van der Waals surface area contributed by atoms with Gasteiger partial charge in [-0.2, -0.15) is 0 Å². The van der Waals surface area contributed by atoms with Crippen LogP contribution in [0.25, 0.3) is 6.08 Å². The van der Waals surface area contributed by atoms with Crippen molar-refractivity contribution in [1.29, 1.82) is 0 Å². The average molecular weight is 312 g/mol. The molecule has 0 aromatic heterocycles. The lowest BCUT2D eigenvalue weighted by atomic mass is 9.93. The Labute approximate surface area is 137 Å². The average Bonchev–Trinajstić information content (AvgIpc) is 3.31. The van der Waals surface area contributed by atoms with E-state index >= 15 is 0 Å². The van der Waals surface area contributed by atoms with E-state index in [4.69, 9.17) is 0 Å². The topological polar surface area (TPSA) is 40.6 Å². The van der Waals surface area contributed by atoms with Crippen molar-refractivity contribution in [2.24, 2.45) is 0 Å². The van der Waals surface area contributed by atoms with Crippen molar-refractivity contribution in [3.8, 4) is 0 Å². The molecule has 1 heterocycles. The van der Waals surface area contributed by atoms with Crippen LogP contribution >= 0.6 is 0 Å². The van der Waals surface area contributed by atoms with E-state index in [0.29, 0.717) is 12.5 Å². The molecule has 0 radical (unpaired) electrons. The van der Waals surface area contributed by atoms with Crippen molar-refractivity contribution in [2.45, 2.75) is 58.2 Å². The van der Waals surface area contributed by atoms with Gasteiger partial charge in [-0.15, -0.1) is 0 Å². The molecule has 1 atom stereocenters. The summed E-state index contributed by atoms with van der Waals surface area (Å²) < 4.78 is 0. The highest BCUT2D eigenvalue weighted by Crippen LogP contribution is 2.35. The molecule has 4 nitrogen and oxygen atoms in total. The van der Waals surface area contributed by atoms with Crippen LogP contribution in [0.1, 0.15) is 57.2 Å². The van der Waals surface area contributed by atoms with E-state index in [1.54, 1.807) is 18.0 Å². The fourth-order valence-electron chi connectivity index (χ4n) is 3.45. The van der Waals surface area contributed by atoms with Crippen LogP contribution in [0, 0.1) is 0 Å². The van der Waals surface area contributed by atoms with Gasteiger partial charge in [-0.25, -0.2) is 0 Å². The van der Waals surface area contributed by atoms with Crippen molar-refractivity contribution in [1.82, 2.24) is 9.80 Å². The molecular weight excluding hydrogens is 288 g/mol. The van der Waals surface area contributed by atoms with Crippen LogP contribution in [0.15, 0.2) is 30.5 Å². The lowest BCUT2D eigenvalue weighted by molar-refractivity contribution is -0.136. The Morgan fingerprint density at radius 1 is 1.26 bits per heavy atom. The second-order valence-electron chi connectivity index (χ2n) is 6.72. The molecule has 1 fully saturated rings. The first-order chi connectivity index (χ1) is 11.0. The highest BCUT2D eigenvalue weighted by atomic mass is 16.2. The van der Waals surface area contributed by atoms with Gasteiger partial charge in [0.05, 0.1) is 12.5 Å². The van der Waals surface area contributed by atoms with Gasteiger partial charge < -0.3 is 9.80 Å². The maximum absolute atomic E-state index is 12.9. The molecule has 1 aliphatic carbocycles. The van der Waals surface area contributed by atoms with E-state index in [1.807, 2.05) is 35.2 Å². The normalized spacial score (nSPS) is 19.7. The first-order valence-electron chi connectivity index (χ1n) is 8.36. The summed E-state index contributed by atoms with van der Waals surface area (Å²) in [6, 6.07) is 8.38. The number of rotatable bonds is 4. The van der Waals surface area contributed by atoms with Crippen molar-refractivity contribution >= 4 is 17.9 Å². The third kappa shape index (κ3) is 3.16. The van der Waals surface area contributed by atoms with Crippen molar-refractivity contribution in [3.63, 3.8) is 0 Å². The Kier molecular flexibility index (Phi) is 4.24. The van der Waals surface area contributed by atoms with Crippen LogP contribution in [-0.4, -0.2) is 33.7 Å². The third-order valence-corrected chi connectivity index (χ3v) is 4.62. The number of nitrogens with zero attached hydrogens (tertiary/aromatic N) is 2. The zero-order chi connectivity index (χ0) is 16.6. The summed E-state index contributed by atoms with van der Waals surface area (Å²) in [6.45, 7) is 5.68. The molecule has 1 aromatic rings. The fraction of sp³-hybridized carbons (Fsp3) is 0.474. The monoisotopic (exact) mass is 312 g/mol. The zero-order valence-corrected chi connectivity index (χ0v) is 14.0. The second kappa shape index (κ2) is 6.19. The van der Waals surface area contributed by atoms with Crippen molar-refractivity contribution in [3.05, 3.63) is 41.6 Å². The van der Waals surface area contributed by atoms with Gasteiger partial charge in [-0.1, -0.05) is 24.3 Å². The van der Waals surface area contributed by atoms with E-state index in [1.165, 1.54) is 0 Å². The predicted octanol–water partition coefficient (Wildman–Crippen LogP) is 3.35. The lowest BCUT2D eigenvalue weighted by Gasteiger charge is -2.35. The minimum atomic E-state index is -0.207. The van der Waals surface area contributed by atoms with Gasteiger partial charge >= 0.3 is 0 Å². The van der Waals surface area contributed by atoms with Gasteiger partial charge in [-0.3, -0.25) is 9.59 Å². The quantitative estimate of drug-likeness (QED) is 0.855. The number of carbonyl (C=O) groups is 2. The summed E-state index contributed by atoms with van der Waals surface area (Å²) in [5, 5.41) is 0. The minimum absolute atomic E-state index is 0.0314. The molecule has 2 aliphatic rings. The molecule has 0 N–H and O–H groups in total. The van der Waals surface area contributed by atoms with Gasteiger partial charge in [0.2, 0.25) is 11.8 Å². The molecule has 1 unspecified atom stereocenters. The smallest absolute Gasteiger partial charge is 0.225 e. The summed E-state index contributed by atoms with van der Waals surface area (Å²) in [5.74, 6) is 0.111. The van der Waals surface area contributed by atoms with E-state index in [-0.39, 0.29) is 23.9 Å². The highest BCUT2D eigenvalue weighted by molar-refractivity contribution is 5.82. The van der Waals surface area contributed by atoms with Crippen LogP contribution in [0.4, 0.5) is 0 Å². The lowest BCUT2D eigenvalue weighted by Crippen LogP contribution is -2.41. The van der Waals surface area contributed by atoms with E-state index in [9.17, 15) is 9.59 Å². The Morgan fingerprint density at radius 3 is 2.57 bits per heavy atom. The van der Waals surface area contributed by atoms with Crippen LogP contribution in [0.2, 0.25) is 0 Å². The first kappa shape index (κ1) is 15.8. The number of amides is 2. The van der Waals surface area contributed by atoms with Gasteiger partial charge in [0.25, 0.3) is 0 Å². The molecule has 4 heteroatoms. The standard InChI is InChI=1S/C19H24N2O2/c1-13(2)21(16-8-9-16)19(23)12-18-17-7-5-4-6-15(17)10-11-20(18)14(3)22/h4-7,10-11,13,16,18H,8-9,12H2,1-3H3. The molecule has 3 rings (SSSR count). The SMILES string of the molecule is CC(=O)N1C=Cc2ccccc2C1CC(=O)N(C(C)C)C1CC1. The van der Waals surface area contributed by atoms with Crippen molar-refractivity contribution in [2.75, 3.05) is 0 Å². The molecule has 23 heavy (non-hydrogen) atoms. The molecule has 122 valence electrons. The minimum Gasteiger partial charge on any atom is -0.337 e. The first-order valence-corrected chi connectivity index (χ1v) is 8.36. The van der Waals surface area contributed by atoms with Gasteiger partial charge in [0, 0.05) is 25.2 Å². The second-order valence-corrected chi connectivity index (χ2v) is 6.72. The molecule has 1 aliphatic heterocycles. The van der Waals surface area contributed by atoms with Crippen LogP contribution in [0.3, 0.4) is 0 Å². The maximum Gasteiger partial charge on any atom is 0.225 e. The Morgan fingerprint density at radius 2 is 1.96 bits per heavy atom. The molecule has 2 amide bonds. The van der Waals surface area contributed by atoms with E-state index < -0.39 is 0 Å². The molecule has 0 spiro atoms. The summed E-state index contributed by atoms with van der Waals surface area (Å²) >= 11 is 0. The van der Waals surface area contributed by atoms with Gasteiger partial charge in [0.15, 0.2) is 0 Å². The molecule has 1 saturated carbocycles. The van der Waals surface area contributed by atoms with E-state index in [2.05, 4.69) is 13.8 Å². The summed E-state index contributed by atoms with van der Waals surface area (Å²) in [5.41, 5.74) is 2.14. The molecule has 0 saturated heterocycles. The number of hydrogen-bond acceptors (Lipinski definition) is 2. The Balaban J connectivity index is 1.87. The molecule has 0 bridgehead atoms. The Hall–Kier alpha value is -2.10. The molecule has 1 aromatic carbocycles. The highest BCUT2D eigenvalue weighted by Gasteiger charge is 2.37. The predicted molar refractivity (Wildman–Crippen MR) is 90.4 cm³/mol. The largest absolute Gasteiger partial charge is 0.337 e. The van der Waals surface area contributed by atoms with Gasteiger partial charge in [-0.05, 0) is 43.9 Å². The summed E-state index contributed by atoms with van der Waals surface area (Å²) in [6.07, 6.45) is 6.29. The van der Waals surface area contributed by atoms with E-state index in [0.717, 1.165) is 24.0 Å². The number of fused-ring (bicyclic) bond motifs is 1. The Bertz CT molecular complexity index is 645. The number of hydrogen-bond donors (Lipinski definition) is 0. The summed E-state index contributed by atoms with van der Waals surface area (Å²) in [4.78, 5) is 28.6. The van der Waals surface area contributed by atoms with Crippen LogP contribution in [0.5, 0.6) is 0 Å². The third-order valence-electron chi connectivity index (χ3n) is 4.62. The zero-order valence-electron chi connectivity index (χ0n) is 14.0. The molecular formula is C19H24N2O2. The number of benzene rings is 1. The maximum atomic E-state index is 12.9.